The van der Waals surface area contributed by atoms with Crippen molar-refractivity contribution in [1.82, 2.24) is 4.90 Å². The molecular formula is C14H20N2O4. The van der Waals surface area contributed by atoms with Gasteiger partial charge in [0.05, 0.1) is 31.6 Å². The number of rotatable bonds is 3. The van der Waals surface area contributed by atoms with Crippen molar-refractivity contribution in [2.45, 2.75) is 18.9 Å². The smallest absolute Gasteiger partial charge is 0.256 e. The van der Waals surface area contributed by atoms with Crippen molar-refractivity contribution in [3.63, 3.8) is 0 Å². The van der Waals surface area contributed by atoms with Crippen LogP contribution in [0.3, 0.4) is 0 Å². The molecule has 110 valence electrons. The Morgan fingerprint density at radius 3 is 2.50 bits per heavy atom. The lowest BCUT2D eigenvalue weighted by atomic mass is 10.1. The number of carbonyl (C=O) groups is 1. The number of ether oxygens (including phenoxy) is 2. The number of nitrogens with zero attached hydrogens (tertiary/aromatic N) is 1. The molecule has 1 fully saturated rings. The predicted octanol–water partition coefficient (Wildman–Crippen LogP) is 0.883. The van der Waals surface area contributed by atoms with Gasteiger partial charge in [0, 0.05) is 19.2 Å². The van der Waals surface area contributed by atoms with Crippen LogP contribution in [0.1, 0.15) is 23.2 Å². The van der Waals surface area contributed by atoms with E-state index >= 15 is 0 Å². The lowest BCUT2D eigenvalue weighted by Crippen LogP contribution is -2.40. The highest BCUT2D eigenvalue weighted by atomic mass is 16.5. The second kappa shape index (κ2) is 6.00. The van der Waals surface area contributed by atoms with Gasteiger partial charge < -0.3 is 25.2 Å². The Labute approximate surface area is 118 Å². The van der Waals surface area contributed by atoms with Crippen molar-refractivity contribution in [1.29, 1.82) is 0 Å². The number of hydrogen-bond donors (Lipinski definition) is 2. The van der Waals surface area contributed by atoms with E-state index in [0.717, 1.165) is 0 Å². The van der Waals surface area contributed by atoms with Gasteiger partial charge in [-0.05, 0) is 18.9 Å². The van der Waals surface area contributed by atoms with Gasteiger partial charge in [-0.3, -0.25) is 4.79 Å². The molecule has 0 bridgehead atoms. The molecule has 1 heterocycles. The number of nitrogens with two attached hydrogens (primary N) is 1. The lowest BCUT2D eigenvalue weighted by molar-refractivity contribution is 0.0547. The maximum absolute atomic E-state index is 12.5. The van der Waals surface area contributed by atoms with Crippen molar-refractivity contribution < 1.29 is 19.4 Å². The zero-order chi connectivity index (χ0) is 14.7. The summed E-state index contributed by atoms with van der Waals surface area (Å²) in [5.74, 6) is 0.785. The van der Waals surface area contributed by atoms with E-state index in [0.29, 0.717) is 48.7 Å². The summed E-state index contributed by atoms with van der Waals surface area (Å²) in [5, 5.41) is 9.50. The number of aliphatic hydroxyl groups is 1. The van der Waals surface area contributed by atoms with Crippen LogP contribution in [0.5, 0.6) is 11.5 Å². The molecule has 1 aromatic rings. The highest BCUT2D eigenvalue weighted by molar-refractivity contribution is 6.01. The van der Waals surface area contributed by atoms with Gasteiger partial charge in [0.1, 0.15) is 11.5 Å². The van der Waals surface area contributed by atoms with Crippen molar-refractivity contribution in [2.75, 3.05) is 33.0 Å². The summed E-state index contributed by atoms with van der Waals surface area (Å²) >= 11 is 0. The maximum atomic E-state index is 12.5. The molecule has 0 saturated carbocycles. The number of nitrogen functional groups attached to an aromatic ring is 1. The summed E-state index contributed by atoms with van der Waals surface area (Å²) in [5.41, 5.74) is 6.66. The molecule has 0 spiro atoms. The van der Waals surface area contributed by atoms with E-state index in [2.05, 4.69) is 0 Å². The first-order valence-electron chi connectivity index (χ1n) is 6.55. The molecule has 1 aliphatic rings. The van der Waals surface area contributed by atoms with Crippen molar-refractivity contribution >= 4 is 11.6 Å². The summed E-state index contributed by atoms with van der Waals surface area (Å²) in [6.45, 7) is 1.05. The number of carbonyl (C=O) groups excluding carboxylic acids is 1. The van der Waals surface area contributed by atoms with Crippen LogP contribution in [0.15, 0.2) is 12.1 Å². The predicted molar refractivity (Wildman–Crippen MR) is 75.1 cm³/mol. The number of amides is 1. The molecule has 2 rings (SSSR count). The molecule has 0 unspecified atom stereocenters. The highest BCUT2D eigenvalue weighted by Crippen LogP contribution is 2.32. The van der Waals surface area contributed by atoms with Crippen molar-refractivity contribution in [3.8, 4) is 11.5 Å². The van der Waals surface area contributed by atoms with Crippen LogP contribution in [-0.4, -0.2) is 49.3 Å². The fourth-order valence-corrected chi connectivity index (χ4v) is 2.30. The average molecular weight is 280 g/mol. The summed E-state index contributed by atoms with van der Waals surface area (Å²) in [6, 6.07) is 3.26. The number of benzene rings is 1. The van der Waals surface area contributed by atoms with Crippen LogP contribution in [0.2, 0.25) is 0 Å². The van der Waals surface area contributed by atoms with E-state index in [1.54, 1.807) is 17.0 Å². The second-order valence-corrected chi connectivity index (χ2v) is 4.81. The number of hydrogen-bond acceptors (Lipinski definition) is 5. The molecule has 1 aromatic carbocycles. The zero-order valence-corrected chi connectivity index (χ0v) is 11.8. The summed E-state index contributed by atoms with van der Waals surface area (Å²) in [4.78, 5) is 14.2. The van der Waals surface area contributed by atoms with Crippen LogP contribution < -0.4 is 15.2 Å². The summed E-state index contributed by atoms with van der Waals surface area (Å²) < 4.78 is 10.3. The van der Waals surface area contributed by atoms with Gasteiger partial charge in [0.25, 0.3) is 5.91 Å². The number of likely N-dealkylation sites (tertiary alicyclic amines) is 1. The summed E-state index contributed by atoms with van der Waals surface area (Å²) in [7, 11) is 3.02. The molecule has 0 aliphatic carbocycles. The third-order valence-corrected chi connectivity index (χ3v) is 3.55. The Morgan fingerprint density at radius 2 is 1.95 bits per heavy atom. The van der Waals surface area contributed by atoms with Gasteiger partial charge >= 0.3 is 0 Å². The minimum absolute atomic E-state index is 0.161. The van der Waals surface area contributed by atoms with Gasteiger partial charge in [0.2, 0.25) is 0 Å². The fourth-order valence-electron chi connectivity index (χ4n) is 2.30. The minimum atomic E-state index is -0.323. The Hall–Kier alpha value is -1.95. The molecule has 6 heteroatoms. The Balaban J connectivity index is 2.29. The Bertz CT molecular complexity index is 496. The molecule has 6 nitrogen and oxygen atoms in total. The second-order valence-electron chi connectivity index (χ2n) is 4.81. The quantitative estimate of drug-likeness (QED) is 0.803. The maximum Gasteiger partial charge on any atom is 0.256 e. The molecule has 1 aliphatic heterocycles. The van der Waals surface area contributed by atoms with Crippen molar-refractivity contribution in [3.05, 3.63) is 17.7 Å². The molecule has 0 radical (unpaired) electrons. The number of aliphatic hydroxyl groups excluding tert-OH is 1. The van der Waals surface area contributed by atoms with Gasteiger partial charge in [-0.25, -0.2) is 0 Å². The molecule has 1 amide bonds. The Morgan fingerprint density at radius 1 is 1.30 bits per heavy atom. The van der Waals surface area contributed by atoms with E-state index in [9.17, 15) is 9.90 Å². The van der Waals surface area contributed by atoms with E-state index in [-0.39, 0.29) is 12.0 Å². The van der Waals surface area contributed by atoms with E-state index < -0.39 is 0 Å². The topological polar surface area (TPSA) is 85.0 Å². The molecule has 0 atom stereocenters. The third kappa shape index (κ3) is 2.80. The van der Waals surface area contributed by atoms with Gasteiger partial charge in [-0.2, -0.15) is 0 Å². The lowest BCUT2D eigenvalue weighted by Gasteiger charge is -2.30. The highest BCUT2D eigenvalue weighted by Gasteiger charge is 2.25. The number of anilines is 1. The molecule has 3 N–H and O–H groups in total. The van der Waals surface area contributed by atoms with E-state index in [4.69, 9.17) is 15.2 Å². The molecular weight excluding hydrogens is 260 g/mol. The zero-order valence-electron chi connectivity index (χ0n) is 11.8. The van der Waals surface area contributed by atoms with E-state index in [1.165, 1.54) is 14.2 Å². The monoisotopic (exact) mass is 280 g/mol. The SMILES string of the molecule is COc1cc(OC)c(N)c(C(=O)N2CCC(O)CC2)c1. The largest absolute Gasteiger partial charge is 0.497 e. The van der Waals surface area contributed by atoms with Crippen LogP contribution in [-0.2, 0) is 0 Å². The van der Waals surface area contributed by atoms with Crippen LogP contribution in [0.25, 0.3) is 0 Å². The van der Waals surface area contributed by atoms with Gasteiger partial charge in [-0.1, -0.05) is 0 Å². The van der Waals surface area contributed by atoms with Crippen LogP contribution >= 0.6 is 0 Å². The van der Waals surface area contributed by atoms with Gasteiger partial charge in [-0.15, -0.1) is 0 Å². The summed E-state index contributed by atoms with van der Waals surface area (Å²) in [6.07, 6.45) is 0.857. The average Bonchev–Trinajstić information content (AvgIpc) is 2.47. The molecule has 0 aromatic heterocycles. The molecule has 20 heavy (non-hydrogen) atoms. The first-order valence-corrected chi connectivity index (χ1v) is 6.55. The standard InChI is InChI=1S/C14H20N2O4/c1-19-10-7-11(13(15)12(8-10)20-2)14(18)16-5-3-9(17)4-6-16/h7-9,17H,3-6,15H2,1-2H3. The normalized spacial score (nSPS) is 16.1. The Kier molecular flexibility index (Phi) is 4.34. The van der Waals surface area contributed by atoms with E-state index in [1.807, 2.05) is 0 Å². The fraction of sp³-hybridized carbons (Fsp3) is 0.500. The number of methoxy groups -OCH3 is 2. The third-order valence-electron chi connectivity index (χ3n) is 3.55. The van der Waals surface area contributed by atoms with Crippen molar-refractivity contribution in [2.24, 2.45) is 0 Å². The molecule has 1 saturated heterocycles. The minimum Gasteiger partial charge on any atom is -0.497 e. The first-order chi connectivity index (χ1) is 9.56. The van der Waals surface area contributed by atoms with Crippen LogP contribution in [0, 0.1) is 0 Å². The van der Waals surface area contributed by atoms with Crippen LogP contribution in [0.4, 0.5) is 5.69 Å². The first kappa shape index (κ1) is 14.5. The van der Waals surface area contributed by atoms with Gasteiger partial charge in [0.15, 0.2) is 0 Å². The number of piperidine rings is 1.